The number of β-lactam (4-membered cyclic amide) rings is 1. The molecule has 8 heteroatoms. The molecule has 7 nitrogen and oxygen atoms in total. The minimum atomic E-state index is -0.525. The van der Waals surface area contributed by atoms with Crippen molar-refractivity contribution in [2.45, 2.75) is 31.7 Å². The lowest BCUT2D eigenvalue weighted by Crippen LogP contribution is -2.48. The summed E-state index contributed by atoms with van der Waals surface area (Å²) in [6, 6.07) is 5.81. The van der Waals surface area contributed by atoms with Gasteiger partial charge in [0.1, 0.15) is 12.3 Å². The Morgan fingerprint density at radius 3 is 2.70 bits per heavy atom. The van der Waals surface area contributed by atoms with E-state index in [-0.39, 0.29) is 23.6 Å². The van der Waals surface area contributed by atoms with Crippen LogP contribution in [0.15, 0.2) is 34.9 Å². The first-order chi connectivity index (χ1) is 11.0. The molecule has 1 atom stereocenters. The van der Waals surface area contributed by atoms with E-state index in [1.54, 1.807) is 12.1 Å². The molecule has 0 N–H and O–H groups in total. The van der Waals surface area contributed by atoms with Crippen LogP contribution in [0.3, 0.4) is 0 Å². The number of carbonyl (C=O) groups is 2. The van der Waals surface area contributed by atoms with Crippen molar-refractivity contribution in [2.24, 2.45) is 0 Å². The average molecular weight is 334 g/mol. The molecule has 0 aliphatic carbocycles. The molecule has 3 rings (SSSR count). The first-order valence-corrected chi connectivity index (χ1v) is 8.01. The number of thioether (sulfide) groups is 1. The van der Waals surface area contributed by atoms with Crippen molar-refractivity contribution in [2.75, 3.05) is 0 Å². The summed E-state index contributed by atoms with van der Waals surface area (Å²) in [5, 5.41) is 10.6. The number of carbonyl (C=O) groups excluding carboxylic acids is 2. The molecule has 1 aromatic rings. The number of benzene rings is 1. The molecule has 1 aromatic carbocycles. The third-order valence-corrected chi connectivity index (χ3v) is 5.14. The average Bonchev–Trinajstić information content (AvgIpc) is 2.85. The van der Waals surface area contributed by atoms with Gasteiger partial charge in [0.15, 0.2) is 0 Å². The van der Waals surface area contributed by atoms with Crippen LogP contribution in [0.1, 0.15) is 25.3 Å². The molecule has 1 unspecified atom stereocenters. The van der Waals surface area contributed by atoms with Crippen molar-refractivity contribution in [3.63, 3.8) is 0 Å². The van der Waals surface area contributed by atoms with E-state index in [0.717, 1.165) is 4.91 Å². The normalized spacial score (nSPS) is 19.4. The summed E-state index contributed by atoms with van der Waals surface area (Å²) in [7, 11) is 0. The monoisotopic (exact) mass is 334 g/mol. The molecule has 0 radical (unpaired) electrons. The number of rotatable bonds is 5. The Hall–Kier alpha value is -2.35. The fraction of sp³-hybridized carbons (Fsp3) is 0.333. The summed E-state index contributed by atoms with van der Waals surface area (Å²) in [4.78, 5) is 36.5. The van der Waals surface area contributed by atoms with Gasteiger partial charge in [-0.3, -0.25) is 19.8 Å². The van der Waals surface area contributed by atoms with E-state index in [4.69, 9.17) is 4.74 Å². The van der Waals surface area contributed by atoms with Crippen LogP contribution < -0.4 is 0 Å². The highest BCUT2D eigenvalue weighted by atomic mass is 32.2. The van der Waals surface area contributed by atoms with Crippen molar-refractivity contribution in [3.05, 3.63) is 50.5 Å². The molecule has 1 amide bonds. The number of allylic oxidation sites excluding steroid dienone is 1. The summed E-state index contributed by atoms with van der Waals surface area (Å²) in [6.07, 6.45) is 1.13. The number of fused-ring (bicyclic) bond motifs is 1. The van der Waals surface area contributed by atoms with Gasteiger partial charge in [-0.1, -0.05) is 6.92 Å². The fourth-order valence-corrected chi connectivity index (χ4v) is 3.84. The molecule has 2 heterocycles. The molecular weight excluding hydrogens is 320 g/mol. The third-order valence-electron chi connectivity index (χ3n) is 3.72. The van der Waals surface area contributed by atoms with E-state index >= 15 is 0 Å². The second-order valence-electron chi connectivity index (χ2n) is 5.17. The van der Waals surface area contributed by atoms with Crippen molar-refractivity contribution in [1.29, 1.82) is 0 Å². The van der Waals surface area contributed by atoms with Crippen LogP contribution in [0.25, 0.3) is 0 Å². The number of non-ortho nitro benzene ring substituents is 1. The zero-order valence-corrected chi connectivity index (χ0v) is 13.2. The Bertz CT molecular complexity index is 713. The lowest BCUT2D eigenvalue weighted by Gasteiger charge is -2.34. The van der Waals surface area contributed by atoms with Gasteiger partial charge in [-0.15, -0.1) is 11.8 Å². The number of ether oxygens (including phenoxy) is 1. The quantitative estimate of drug-likeness (QED) is 0.356. The second kappa shape index (κ2) is 6.04. The van der Waals surface area contributed by atoms with E-state index < -0.39 is 10.9 Å². The predicted octanol–water partition coefficient (Wildman–Crippen LogP) is 2.56. The first-order valence-electron chi connectivity index (χ1n) is 7.13. The van der Waals surface area contributed by atoms with Crippen LogP contribution in [0.4, 0.5) is 5.69 Å². The molecule has 1 fully saturated rings. The summed E-state index contributed by atoms with van der Waals surface area (Å²) < 4.78 is 5.27. The molecule has 0 bridgehead atoms. The molecule has 0 saturated carbocycles. The number of nitrogens with zero attached hydrogens (tertiary/aromatic N) is 2. The maximum absolute atomic E-state index is 12.3. The number of nitro benzene ring substituents is 1. The molecule has 0 spiro atoms. The topological polar surface area (TPSA) is 89.8 Å². The van der Waals surface area contributed by atoms with Gasteiger partial charge in [-0.25, -0.2) is 4.79 Å². The zero-order chi connectivity index (χ0) is 16.6. The Morgan fingerprint density at radius 1 is 1.43 bits per heavy atom. The van der Waals surface area contributed by atoms with Gasteiger partial charge in [0, 0.05) is 17.0 Å². The molecule has 2 aliphatic heterocycles. The fourth-order valence-electron chi connectivity index (χ4n) is 2.50. The van der Waals surface area contributed by atoms with Gasteiger partial charge in [0.25, 0.3) is 5.69 Å². The highest BCUT2D eigenvalue weighted by molar-refractivity contribution is 8.04. The van der Waals surface area contributed by atoms with Crippen LogP contribution in [0.5, 0.6) is 0 Å². The SMILES string of the molecule is CCC1=C(C(=O)OCc2ccc([N+](=O)[O-])cc2)N2C(=O)CC2S1. The van der Waals surface area contributed by atoms with E-state index in [1.165, 1.54) is 28.8 Å². The Labute approximate surface area is 136 Å². The highest BCUT2D eigenvalue weighted by Crippen LogP contribution is 2.47. The van der Waals surface area contributed by atoms with E-state index in [9.17, 15) is 19.7 Å². The Kier molecular flexibility index (Phi) is 4.08. The van der Waals surface area contributed by atoms with E-state index in [1.807, 2.05) is 6.92 Å². The maximum Gasteiger partial charge on any atom is 0.356 e. The van der Waals surface area contributed by atoms with Crippen molar-refractivity contribution < 1.29 is 19.2 Å². The molecule has 120 valence electrons. The molecule has 1 saturated heterocycles. The van der Waals surface area contributed by atoms with Gasteiger partial charge < -0.3 is 4.74 Å². The molecule has 23 heavy (non-hydrogen) atoms. The highest BCUT2D eigenvalue weighted by Gasteiger charge is 2.48. The number of hydrogen-bond donors (Lipinski definition) is 0. The van der Waals surface area contributed by atoms with Crippen molar-refractivity contribution in [3.8, 4) is 0 Å². The zero-order valence-electron chi connectivity index (χ0n) is 12.4. The van der Waals surface area contributed by atoms with Crippen LogP contribution in [-0.4, -0.2) is 27.1 Å². The lowest BCUT2D eigenvalue weighted by atomic mass is 10.1. The number of nitro groups is 1. The van der Waals surface area contributed by atoms with Gasteiger partial charge >= 0.3 is 5.97 Å². The third kappa shape index (κ3) is 2.81. The van der Waals surface area contributed by atoms with E-state index in [2.05, 4.69) is 0 Å². The van der Waals surface area contributed by atoms with Crippen molar-refractivity contribution in [1.82, 2.24) is 4.90 Å². The standard InChI is InChI=1S/C15H14N2O5S/c1-2-11-14(16-12(18)7-13(16)23-11)15(19)22-8-9-3-5-10(6-4-9)17(20)21/h3-6,13H,2,7-8H2,1H3. The largest absolute Gasteiger partial charge is 0.456 e. The molecule has 0 aromatic heterocycles. The summed E-state index contributed by atoms with van der Waals surface area (Å²) >= 11 is 1.54. The molecule has 2 aliphatic rings. The van der Waals surface area contributed by atoms with Gasteiger partial charge in [-0.05, 0) is 24.1 Å². The summed E-state index contributed by atoms with van der Waals surface area (Å²) in [5.41, 5.74) is 0.984. The Morgan fingerprint density at radius 2 is 2.13 bits per heavy atom. The number of amides is 1. The van der Waals surface area contributed by atoms with Crippen LogP contribution in [0, 0.1) is 10.1 Å². The van der Waals surface area contributed by atoms with Gasteiger partial charge in [0.05, 0.1) is 16.7 Å². The van der Waals surface area contributed by atoms with Crippen LogP contribution >= 0.6 is 11.8 Å². The molecular formula is C15H14N2O5S. The summed E-state index contributed by atoms with van der Waals surface area (Å²) in [6.45, 7) is 1.94. The van der Waals surface area contributed by atoms with E-state index in [0.29, 0.717) is 24.1 Å². The first kappa shape index (κ1) is 15.5. The lowest BCUT2D eigenvalue weighted by molar-refractivity contribution is -0.384. The smallest absolute Gasteiger partial charge is 0.356 e. The van der Waals surface area contributed by atoms with Gasteiger partial charge in [0.2, 0.25) is 5.91 Å². The summed E-state index contributed by atoms with van der Waals surface area (Å²) in [5.74, 6) is -0.587. The predicted molar refractivity (Wildman–Crippen MR) is 83.1 cm³/mol. The minimum absolute atomic E-state index is 0.00862. The van der Waals surface area contributed by atoms with Crippen molar-refractivity contribution >= 4 is 29.3 Å². The van der Waals surface area contributed by atoms with Gasteiger partial charge in [-0.2, -0.15) is 0 Å². The van der Waals surface area contributed by atoms with Crippen LogP contribution in [0.2, 0.25) is 0 Å². The number of esters is 1. The van der Waals surface area contributed by atoms with Crippen LogP contribution in [-0.2, 0) is 20.9 Å². The maximum atomic E-state index is 12.3. The number of hydrogen-bond acceptors (Lipinski definition) is 6. The minimum Gasteiger partial charge on any atom is -0.456 e. The Balaban J connectivity index is 1.67. The second-order valence-corrected chi connectivity index (χ2v) is 6.44.